The molecule has 0 radical (unpaired) electrons. The van der Waals surface area contributed by atoms with Gasteiger partial charge in [0.15, 0.2) is 0 Å². The van der Waals surface area contributed by atoms with Crippen LogP contribution in [0.5, 0.6) is 0 Å². The molecule has 0 bridgehead atoms. The lowest BCUT2D eigenvalue weighted by molar-refractivity contribution is 0.124. The van der Waals surface area contributed by atoms with Gasteiger partial charge in [0.2, 0.25) is 0 Å². The normalized spacial score (nSPS) is 11.7. The van der Waals surface area contributed by atoms with Gasteiger partial charge in [0, 0.05) is 0 Å². The van der Waals surface area contributed by atoms with Crippen LogP contribution in [0.15, 0.2) is 40.9 Å². The van der Waals surface area contributed by atoms with Gasteiger partial charge in [0.25, 0.3) is 0 Å². The molecular formula is C12H15BrO. The van der Waals surface area contributed by atoms with Crippen LogP contribution in [0.1, 0.15) is 18.9 Å². The molecule has 0 aliphatic heterocycles. The number of halogens is 1. The van der Waals surface area contributed by atoms with Crippen LogP contribution < -0.4 is 0 Å². The van der Waals surface area contributed by atoms with Gasteiger partial charge in [0.1, 0.15) is 0 Å². The molecule has 0 saturated heterocycles. The molecule has 0 N–H and O–H groups in total. The Morgan fingerprint density at radius 2 is 2.07 bits per heavy atom. The maximum atomic E-state index is 5.53. The molecule has 0 saturated carbocycles. The van der Waals surface area contributed by atoms with E-state index in [0.29, 0.717) is 6.61 Å². The molecule has 1 rings (SSSR count). The summed E-state index contributed by atoms with van der Waals surface area (Å²) in [5.74, 6) is 0. The second-order valence-corrected chi connectivity index (χ2v) is 3.70. The standard InChI is InChI=1S/C12H15BrO/c1-11(9-13)7-8-14-10-12-5-3-2-4-6-12/h2-6,9H,7-8,10H2,1H3/b11-9-. The maximum absolute atomic E-state index is 5.53. The van der Waals surface area contributed by atoms with Gasteiger partial charge >= 0.3 is 0 Å². The Hall–Kier alpha value is -0.600. The molecule has 0 amide bonds. The number of rotatable bonds is 5. The van der Waals surface area contributed by atoms with Crippen LogP contribution in [0.3, 0.4) is 0 Å². The molecule has 0 unspecified atom stereocenters. The molecule has 0 aromatic heterocycles. The molecule has 14 heavy (non-hydrogen) atoms. The van der Waals surface area contributed by atoms with Crippen molar-refractivity contribution in [3.05, 3.63) is 46.5 Å². The highest BCUT2D eigenvalue weighted by Crippen LogP contribution is 2.05. The minimum absolute atomic E-state index is 0.705. The number of hydrogen-bond donors (Lipinski definition) is 0. The average Bonchev–Trinajstić information content (AvgIpc) is 2.25. The van der Waals surface area contributed by atoms with Crippen LogP contribution >= 0.6 is 15.9 Å². The first-order valence-corrected chi connectivity index (χ1v) is 5.62. The zero-order valence-electron chi connectivity index (χ0n) is 8.37. The van der Waals surface area contributed by atoms with E-state index >= 15 is 0 Å². The summed E-state index contributed by atoms with van der Waals surface area (Å²) in [5.41, 5.74) is 2.53. The molecule has 76 valence electrons. The van der Waals surface area contributed by atoms with Crippen molar-refractivity contribution in [2.45, 2.75) is 20.0 Å². The zero-order chi connectivity index (χ0) is 10.2. The average molecular weight is 255 g/mol. The third kappa shape index (κ3) is 4.58. The van der Waals surface area contributed by atoms with E-state index in [1.54, 1.807) is 0 Å². The molecule has 0 aliphatic carbocycles. The molecular weight excluding hydrogens is 240 g/mol. The van der Waals surface area contributed by atoms with E-state index in [2.05, 4.69) is 35.0 Å². The largest absolute Gasteiger partial charge is 0.376 e. The minimum Gasteiger partial charge on any atom is -0.376 e. The number of benzene rings is 1. The van der Waals surface area contributed by atoms with E-state index in [1.807, 2.05) is 23.2 Å². The predicted octanol–water partition coefficient (Wildman–Crippen LogP) is 3.89. The first-order chi connectivity index (χ1) is 6.83. The lowest BCUT2D eigenvalue weighted by Gasteiger charge is -2.03. The Balaban J connectivity index is 2.17. The lowest BCUT2D eigenvalue weighted by Crippen LogP contribution is -1.95. The van der Waals surface area contributed by atoms with Gasteiger partial charge in [0.05, 0.1) is 13.2 Å². The van der Waals surface area contributed by atoms with Crippen molar-refractivity contribution in [3.8, 4) is 0 Å². The summed E-state index contributed by atoms with van der Waals surface area (Å²) >= 11 is 3.29. The predicted molar refractivity (Wildman–Crippen MR) is 63.4 cm³/mol. The van der Waals surface area contributed by atoms with Gasteiger partial charge in [-0.1, -0.05) is 51.8 Å². The molecule has 0 spiro atoms. The highest BCUT2D eigenvalue weighted by molar-refractivity contribution is 9.11. The van der Waals surface area contributed by atoms with Gasteiger partial charge in [-0.25, -0.2) is 0 Å². The SMILES string of the molecule is C/C(=C/Br)CCOCc1ccccc1. The summed E-state index contributed by atoms with van der Waals surface area (Å²) in [7, 11) is 0. The van der Waals surface area contributed by atoms with Gasteiger partial charge in [-0.15, -0.1) is 0 Å². The Labute approximate surface area is 93.9 Å². The Morgan fingerprint density at radius 3 is 2.71 bits per heavy atom. The Kier molecular flexibility index (Phi) is 5.57. The Morgan fingerprint density at radius 1 is 1.36 bits per heavy atom. The quantitative estimate of drug-likeness (QED) is 0.725. The van der Waals surface area contributed by atoms with Crippen LogP contribution in [0.4, 0.5) is 0 Å². The first-order valence-electron chi connectivity index (χ1n) is 4.70. The minimum atomic E-state index is 0.705. The molecule has 0 aliphatic rings. The Bertz CT molecular complexity index is 280. The second kappa shape index (κ2) is 6.80. The second-order valence-electron chi connectivity index (χ2n) is 3.24. The van der Waals surface area contributed by atoms with Crippen LogP contribution in [0.2, 0.25) is 0 Å². The van der Waals surface area contributed by atoms with E-state index in [9.17, 15) is 0 Å². The van der Waals surface area contributed by atoms with Gasteiger partial charge in [-0.3, -0.25) is 0 Å². The summed E-state index contributed by atoms with van der Waals surface area (Å²) in [6.07, 6.45) is 0.984. The van der Waals surface area contributed by atoms with Crippen LogP contribution in [-0.2, 0) is 11.3 Å². The zero-order valence-corrected chi connectivity index (χ0v) is 9.96. The van der Waals surface area contributed by atoms with Crippen molar-refractivity contribution >= 4 is 15.9 Å². The van der Waals surface area contributed by atoms with Crippen molar-refractivity contribution in [3.63, 3.8) is 0 Å². The third-order valence-electron chi connectivity index (χ3n) is 1.94. The van der Waals surface area contributed by atoms with Crippen molar-refractivity contribution in [2.75, 3.05) is 6.61 Å². The maximum Gasteiger partial charge on any atom is 0.0717 e. The van der Waals surface area contributed by atoms with E-state index in [0.717, 1.165) is 13.0 Å². The molecule has 1 nitrogen and oxygen atoms in total. The molecule has 2 heteroatoms. The van der Waals surface area contributed by atoms with Gasteiger partial charge < -0.3 is 4.74 Å². The third-order valence-corrected chi connectivity index (χ3v) is 2.72. The summed E-state index contributed by atoms with van der Waals surface area (Å²) < 4.78 is 5.53. The molecule has 0 fully saturated rings. The summed E-state index contributed by atoms with van der Waals surface area (Å²) in [4.78, 5) is 1.94. The van der Waals surface area contributed by atoms with Gasteiger partial charge in [-0.05, 0) is 23.9 Å². The smallest absolute Gasteiger partial charge is 0.0717 e. The highest BCUT2D eigenvalue weighted by Gasteiger charge is 1.92. The van der Waals surface area contributed by atoms with Crippen LogP contribution in [-0.4, -0.2) is 6.61 Å². The van der Waals surface area contributed by atoms with Crippen molar-refractivity contribution in [2.24, 2.45) is 0 Å². The topological polar surface area (TPSA) is 9.23 Å². The fourth-order valence-electron chi connectivity index (χ4n) is 1.05. The van der Waals surface area contributed by atoms with Gasteiger partial charge in [-0.2, -0.15) is 0 Å². The van der Waals surface area contributed by atoms with Crippen molar-refractivity contribution in [1.82, 2.24) is 0 Å². The van der Waals surface area contributed by atoms with E-state index in [-0.39, 0.29) is 0 Å². The number of ether oxygens (including phenoxy) is 1. The fourth-order valence-corrected chi connectivity index (χ4v) is 1.28. The molecule has 0 atom stereocenters. The first kappa shape index (κ1) is 11.5. The van der Waals surface area contributed by atoms with Crippen molar-refractivity contribution in [1.29, 1.82) is 0 Å². The summed E-state index contributed by atoms with van der Waals surface area (Å²) in [6.45, 7) is 3.57. The monoisotopic (exact) mass is 254 g/mol. The van der Waals surface area contributed by atoms with Crippen molar-refractivity contribution < 1.29 is 4.74 Å². The fraction of sp³-hybridized carbons (Fsp3) is 0.333. The molecule has 1 aromatic carbocycles. The summed E-state index contributed by atoms with van der Waals surface area (Å²) in [6, 6.07) is 10.2. The number of hydrogen-bond acceptors (Lipinski definition) is 1. The summed E-state index contributed by atoms with van der Waals surface area (Å²) in [5, 5.41) is 0. The molecule has 0 heterocycles. The highest BCUT2D eigenvalue weighted by atomic mass is 79.9. The lowest BCUT2D eigenvalue weighted by atomic mass is 10.2. The molecule has 1 aromatic rings. The van der Waals surface area contributed by atoms with E-state index in [1.165, 1.54) is 11.1 Å². The van der Waals surface area contributed by atoms with Crippen LogP contribution in [0, 0.1) is 0 Å². The van der Waals surface area contributed by atoms with E-state index < -0.39 is 0 Å². The van der Waals surface area contributed by atoms with Crippen LogP contribution in [0.25, 0.3) is 0 Å². The van der Waals surface area contributed by atoms with E-state index in [4.69, 9.17) is 4.74 Å².